The molecule has 2 atom stereocenters. The number of nitrogens with two attached hydrogens (primary N) is 1. The van der Waals surface area contributed by atoms with Crippen LogP contribution in [0.3, 0.4) is 0 Å². The zero-order chi connectivity index (χ0) is 11.3. The van der Waals surface area contributed by atoms with E-state index in [1.165, 1.54) is 0 Å². The predicted molar refractivity (Wildman–Crippen MR) is 62.2 cm³/mol. The molecule has 1 fully saturated rings. The molecule has 0 aromatic carbocycles. The molecule has 1 aliphatic rings. The third-order valence-corrected chi connectivity index (χ3v) is 2.97. The van der Waals surface area contributed by atoms with Crippen molar-refractivity contribution in [3.8, 4) is 0 Å². The van der Waals surface area contributed by atoms with Gasteiger partial charge in [0.15, 0.2) is 0 Å². The second kappa shape index (κ2) is 6.08. The quantitative estimate of drug-likeness (QED) is 0.533. The van der Waals surface area contributed by atoms with Crippen LogP contribution in [0.5, 0.6) is 0 Å². The molecule has 2 unspecified atom stereocenters. The zero-order valence-corrected chi connectivity index (χ0v) is 9.83. The third kappa shape index (κ3) is 3.80. The van der Waals surface area contributed by atoms with Gasteiger partial charge in [0.05, 0.1) is 12.1 Å². The molecule has 0 spiro atoms. The van der Waals surface area contributed by atoms with E-state index in [0.29, 0.717) is 6.10 Å². The number of hydrogen-bond donors (Lipinski definition) is 2. The molecule has 0 aromatic heterocycles. The average Bonchev–Trinajstić information content (AvgIpc) is 2.25. The van der Waals surface area contributed by atoms with Crippen molar-refractivity contribution in [3.05, 3.63) is 0 Å². The van der Waals surface area contributed by atoms with Crippen LogP contribution in [-0.4, -0.2) is 42.6 Å². The number of nitrogens with one attached hydrogen (secondary N) is 1. The first-order valence-electron chi connectivity index (χ1n) is 5.84. The Bertz CT molecular complexity index is 208. The van der Waals surface area contributed by atoms with Crippen LogP contribution in [0, 0.1) is 5.41 Å². The van der Waals surface area contributed by atoms with Gasteiger partial charge in [-0.3, -0.25) is 10.3 Å². The summed E-state index contributed by atoms with van der Waals surface area (Å²) in [5.74, 6) is 0.256. The lowest BCUT2D eigenvalue weighted by Gasteiger charge is -2.36. The molecule has 1 rings (SSSR count). The number of rotatable bonds is 5. The Balaban J connectivity index is 2.38. The lowest BCUT2D eigenvalue weighted by molar-refractivity contribution is -0.00374. The summed E-state index contributed by atoms with van der Waals surface area (Å²) in [6.45, 7) is 6.91. The topological polar surface area (TPSA) is 62.3 Å². The van der Waals surface area contributed by atoms with Crippen molar-refractivity contribution in [1.82, 2.24) is 4.90 Å². The summed E-state index contributed by atoms with van der Waals surface area (Å²) in [6, 6.07) is 0.0537. The molecule has 0 saturated carbocycles. The molecule has 0 amide bonds. The zero-order valence-electron chi connectivity index (χ0n) is 9.83. The summed E-state index contributed by atoms with van der Waals surface area (Å²) in [7, 11) is 0. The summed E-state index contributed by atoms with van der Waals surface area (Å²) in [6.07, 6.45) is 3.69. The van der Waals surface area contributed by atoms with Gasteiger partial charge in [0.2, 0.25) is 0 Å². The van der Waals surface area contributed by atoms with Crippen LogP contribution in [0.1, 0.15) is 33.1 Å². The standard InChI is InChI=1S/C11H23N3O/c1-3-7-15-10-5-4-6-14(8-10)9(2)11(12)13/h9-10H,3-8H2,1-2H3,(H3,12,13). The summed E-state index contributed by atoms with van der Waals surface area (Å²) < 4.78 is 5.74. The van der Waals surface area contributed by atoms with Crippen molar-refractivity contribution in [2.75, 3.05) is 19.7 Å². The highest BCUT2D eigenvalue weighted by Crippen LogP contribution is 2.15. The van der Waals surface area contributed by atoms with Gasteiger partial charge in [0.1, 0.15) is 5.84 Å². The van der Waals surface area contributed by atoms with Gasteiger partial charge in [0, 0.05) is 13.2 Å². The van der Waals surface area contributed by atoms with E-state index in [-0.39, 0.29) is 11.9 Å². The largest absolute Gasteiger partial charge is 0.386 e. The molecule has 0 aliphatic carbocycles. The molecule has 15 heavy (non-hydrogen) atoms. The van der Waals surface area contributed by atoms with Crippen LogP contribution >= 0.6 is 0 Å². The van der Waals surface area contributed by atoms with Crippen molar-refractivity contribution in [2.45, 2.75) is 45.3 Å². The maximum Gasteiger partial charge on any atom is 0.108 e. The molecule has 1 heterocycles. The van der Waals surface area contributed by atoms with Crippen LogP contribution in [-0.2, 0) is 4.74 Å². The van der Waals surface area contributed by atoms with E-state index in [9.17, 15) is 0 Å². The van der Waals surface area contributed by atoms with Crippen molar-refractivity contribution in [3.63, 3.8) is 0 Å². The Labute approximate surface area is 92.3 Å². The van der Waals surface area contributed by atoms with Gasteiger partial charge in [0.25, 0.3) is 0 Å². The minimum absolute atomic E-state index is 0.0537. The van der Waals surface area contributed by atoms with E-state index < -0.39 is 0 Å². The molecular weight excluding hydrogens is 190 g/mol. The van der Waals surface area contributed by atoms with Crippen LogP contribution < -0.4 is 5.73 Å². The fourth-order valence-electron chi connectivity index (χ4n) is 1.94. The minimum Gasteiger partial charge on any atom is -0.386 e. The van der Waals surface area contributed by atoms with Gasteiger partial charge in [-0.05, 0) is 32.7 Å². The van der Waals surface area contributed by atoms with Crippen molar-refractivity contribution >= 4 is 5.84 Å². The van der Waals surface area contributed by atoms with E-state index in [0.717, 1.165) is 39.0 Å². The Morgan fingerprint density at radius 1 is 1.67 bits per heavy atom. The lowest BCUT2D eigenvalue weighted by Crippen LogP contribution is -2.49. The van der Waals surface area contributed by atoms with Gasteiger partial charge in [-0.1, -0.05) is 6.92 Å². The number of piperidine rings is 1. The van der Waals surface area contributed by atoms with Crippen molar-refractivity contribution in [1.29, 1.82) is 5.41 Å². The first kappa shape index (κ1) is 12.5. The van der Waals surface area contributed by atoms with Crippen LogP contribution in [0.15, 0.2) is 0 Å². The Morgan fingerprint density at radius 3 is 3.00 bits per heavy atom. The third-order valence-electron chi connectivity index (χ3n) is 2.97. The highest BCUT2D eigenvalue weighted by Gasteiger charge is 2.24. The molecule has 0 bridgehead atoms. The fourth-order valence-corrected chi connectivity index (χ4v) is 1.94. The monoisotopic (exact) mass is 213 g/mol. The van der Waals surface area contributed by atoms with Gasteiger partial charge in [-0.25, -0.2) is 0 Å². The Kier molecular flexibility index (Phi) is 5.05. The van der Waals surface area contributed by atoms with Crippen molar-refractivity contribution < 1.29 is 4.74 Å². The van der Waals surface area contributed by atoms with Gasteiger partial charge in [-0.15, -0.1) is 0 Å². The number of hydrogen-bond acceptors (Lipinski definition) is 3. The number of ether oxygens (including phenoxy) is 1. The molecular formula is C11H23N3O. The summed E-state index contributed by atoms with van der Waals surface area (Å²) >= 11 is 0. The van der Waals surface area contributed by atoms with Crippen LogP contribution in [0.2, 0.25) is 0 Å². The van der Waals surface area contributed by atoms with E-state index >= 15 is 0 Å². The first-order valence-corrected chi connectivity index (χ1v) is 5.84. The minimum atomic E-state index is 0.0537. The second-order valence-electron chi connectivity index (χ2n) is 4.26. The first-order chi connectivity index (χ1) is 7.15. The molecule has 88 valence electrons. The highest BCUT2D eigenvalue weighted by atomic mass is 16.5. The van der Waals surface area contributed by atoms with E-state index in [2.05, 4.69) is 11.8 Å². The molecule has 0 aromatic rings. The smallest absolute Gasteiger partial charge is 0.108 e. The average molecular weight is 213 g/mol. The van der Waals surface area contributed by atoms with Crippen molar-refractivity contribution in [2.24, 2.45) is 5.73 Å². The van der Waals surface area contributed by atoms with Gasteiger partial charge < -0.3 is 10.5 Å². The maximum atomic E-state index is 7.44. The van der Waals surface area contributed by atoms with Crippen LogP contribution in [0.25, 0.3) is 0 Å². The van der Waals surface area contributed by atoms with Gasteiger partial charge in [-0.2, -0.15) is 0 Å². The van der Waals surface area contributed by atoms with Gasteiger partial charge >= 0.3 is 0 Å². The molecule has 1 aliphatic heterocycles. The predicted octanol–water partition coefficient (Wildman–Crippen LogP) is 1.20. The number of likely N-dealkylation sites (tertiary alicyclic amines) is 1. The molecule has 3 N–H and O–H groups in total. The summed E-state index contributed by atoms with van der Waals surface area (Å²) in [4.78, 5) is 2.24. The summed E-state index contributed by atoms with van der Waals surface area (Å²) in [5, 5.41) is 7.44. The Morgan fingerprint density at radius 2 is 2.40 bits per heavy atom. The fraction of sp³-hybridized carbons (Fsp3) is 0.909. The lowest BCUT2D eigenvalue weighted by atomic mass is 10.1. The number of nitrogens with zero attached hydrogens (tertiary/aromatic N) is 1. The van der Waals surface area contributed by atoms with E-state index in [4.69, 9.17) is 15.9 Å². The van der Waals surface area contributed by atoms with E-state index in [1.807, 2.05) is 6.92 Å². The SMILES string of the molecule is CCCOC1CCCN(C(C)C(=N)N)C1. The van der Waals surface area contributed by atoms with Crippen LogP contribution in [0.4, 0.5) is 0 Å². The molecule has 4 heteroatoms. The summed E-state index contributed by atoms with van der Waals surface area (Å²) in [5.41, 5.74) is 5.51. The Hall–Kier alpha value is -0.610. The number of amidine groups is 1. The molecule has 4 nitrogen and oxygen atoms in total. The van der Waals surface area contributed by atoms with E-state index in [1.54, 1.807) is 0 Å². The normalized spacial score (nSPS) is 25.1. The highest BCUT2D eigenvalue weighted by molar-refractivity contribution is 5.82. The molecule has 0 radical (unpaired) electrons. The maximum absolute atomic E-state index is 7.44. The second-order valence-corrected chi connectivity index (χ2v) is 4.26. The molecule has 1 saturated heterocycles.